The molecule has 0 aromatic heterocycles. The first-order valence-corrected chi connectivity index (χ1v) is 11.1. The molecule has 0 amide bonds. The lowest BCUT2D eigenvalue weighted by atomic mass is 10.0. The molecule has 1 saturated heterocycles. The molecule has 1 unspecified atom stereocenters. The fourth-order valence-electron chi connectivity index (χ4n) is 3.74. The van der Waals surface area contributed by atoms with Gasteiger partial charge in [-0.25, -0.2) is 0 Å². The maximum absolute atomic E-state index is 10.9. The van der Waals surface area contributed by atoms with Crippen LogP contribution in [0.15, 0.2) is 54.6 Å². The number of carboxylic acid groups (broad SMARTS) is 1. The van der Waals surface area contributed by atoms with Crippen LogP contribution in [0.4, 0.5) is 0 Å². The summed E-state index contributed by atoms with van der Waals surface area (Å²) in [7, 11) is 2.13. The summed E-state index contributed by atoms with van der Waals surface area (Å²) in [6.45, 7) is 5.41. The van der Waals surface area contributed by atoms with Gasteiger partial charge in [0, 0.05) is 32.7 Å². The van der Waals surface area contributed by atoms with E-state index in [-0.39, 0.29) is 19.1 Å². The standard InChI is InChI=1S/C25H34N2O4/c1-26-14-16-27(17-15-26)19-23(30-18-13-25(28)29)20-31-24-10-6-5-9-22(24)12-11-21-7-3-2-4-8-21/h2-10,23H,11-20H2,1H3,(H,28,29). The predicted molar refractivity (Wildman–Crippen MR) is 122 cm³/mol. The molecule has 2 aromatic rings. The summed E-state index contributed by atoms with van der Waals surface area (Å²) in [5.74, 6) is 0.0363. The number of rotatable bonds is 12. The van der Waals surface area contributed by atoms with Crippen LogP contribution >= 0.6 is 0 Å². The third-order valence-electron chi connectivity index (χ3n) is 5.65. The lowest BCUT2D eigenvalue weighted by molar-refractivity contribution is -0.139. The first-order valence-electron chi connectivity index (χ1n) is 11.1. The first kappa shape index (κ1) is 23.3. The van der Waals surface area contributed by atoms with Crippen molar-refractivity contribution in [2.45, 2.75) is 25.4 Å². The number of hydrogen-bond donors (Lipinski definition) is 1. The predicted octanol–water partition coefficient (Wildman–Crippen LogP) is 2.96. The van der Waals surface area contributed by atoms with E-state index < -0.39 is 5.97 Å². The van der Waals surface area contributed by atoms with E-state index in [4.69, 9.17) is 14.6 Å². The van der Waals surface area contributed by atoms with Crippen LogP contribution in [0.3, 0.4) is 0 Å². The molecule has 1 fully saturated rings. The second-order valence-corrected chi connectivity index (χ2v) is 8.14. The van der Waals surface area contributed by atoms with Gasteiger partial charge in [0.1, 0.15) is 18.5 Å². The summed E-state index contributed by atoms with van der Waals surface area (Å²) < 4.78 is 12.1. The molecule has 1 N–H and O–H groups in total. The summed E-state index contributed by atoms with van der Waals surface area (Å²) in [6, 6.07) is 18.6. The minimum Gasteiger partial charge on any atom is -0.491 e. The number of nitrogens with zero attached hydrogens (tertiary/aromatic N) is 2. The van der Waals surface area contributed by atoms with Crippen LogP contribution in [0.1, 0.15) is 17.5 Å². The Morgan fingerprint density at radius 3 is 2.45 bits per heavy atom. The van der Waals surface area contributed by atoms with Crippen LogP contribution in [0, 0.1) is 0 Å². The fourth-order valence-corrected chi connectivity index (χ4v) is 3.74. The molecule has 3 rings (SSSR count). The monoisotopic (exact) mass is 426 g/mol. The van der Waals surface area contributed by atoms with Crippen molar-refractivity contribution < 1.29 is 19.4 Å². The summed E-state index contributed by atoms with van der Waals surface area (Å²) in [6.07, 6.45) is 1.71. The van der Waals surface area contributed by atoms with Gasteiger partial charge in [-0.1, -0.05) is 48.5 Å². The van der Waals surface area contributed by atoms with Crippen molar-refractivity contribution in [3.05, 3.63) is 65.7 Å². The lowest BCUT2D eigenvalue weighted by Crippen LogP contribution is -2.48. The zero-order valence-corrected chi connectivity index (χ0v) is 18.4. The number of benzene rings is 2. The highest BCUT2D eigenvalue weighted by atomic mass is 16.5. The summed E-state index contributed by atoms with van der Waals surface area (Å²) >= 11 is 0. The lowest BCUT2D eigenvalue weighted by Gasteiger charge is -2.34. The van der Waals surface area contributed by atoms with Crippen LogP contribution in [-0.4, -0.2) is 80.0 Å². The van der Waals surface area contributed by atoms with Crippen molar-refractivity contribution in [3.8, 4) is 5.75 Å². The SMILES string of the molecule is CN1CCN(CC(COc2ccccc2CCc2ccccc2)OCCC(=O)O)CC1. The van der Waals surface area contributed by atoms with E-state index in [1.165, 1.54) is 11.1 Å². The van der Waals surface area contributed by atoms with Gasteiger partial charge in [-0.15, -0.1) is 0 Å². The molecular formula is C25H34N2O4. The molecule has 0 bridgehead atoms. The van der Waals surface area contributed by atoms with Crippen molar-refractivity contribution in [3.63, 3.8) is 0 Å². The third-order valence-corrected chi connectivity index (χ3v) is 5.65. The van der Waals surface area contributed by atoms with E-state index in [1.54, 1.807) is 0 Å². The molecule has 0 spiro atoms. The molecule has 1 atom stereocenters. The average molecular weight is 427 g/mol. The number of carbonyl (C=O) groups is 1. The molecule has 2 aromatic carbocycles. The highest BCUT2D eigenvalue weighted by Gasteiger charge is 2.20. The topological polar surface area (TPSA) is 62.2 Å². The van der Waals surface area contributed by atoms with Crippen molar-refractivity contribution >= 4 is 5.97 Å². The zero-order valence-electron chi connectivity index (χ0n) is 18.4. The quantitative estimate of drug-likeness (QED) is 0.563. The largest absolute Gasteiger partial charge is 0.491 e. The van der Waals surface area contributed by atoms with Crippen LogP contribution in [0.25, 0.3) is 0 Å². The van der Waals surface area contributed by atoms with E-state index in [2.05, 4.69) is 47.2 Å². The number of aliphatic carboxylic acids is 1. The molecule has 0 aliphatic carbocycles. The van der Waals surface area contributed by atoms with Gasteiger partial charge in [-0.05, 0) is 37.1 Å². The Balaban J connectivity index is 1.56. The molecule has 6 heteroatoms. The Morgan fingerprint density at radius 1 is 1.00 bits per heavy atom. The molecule has 168 valence electrons. The van der Waals surface area contributed by atoms with Crippen LogP contribution in [0.2, 0.25) is 0 Å². The molecule has 0 saturated carbocycles. The fraction of sp³-hybridized carbons (Fsp3) is 0.480. The molecule has 1 aliphatic rings. The van der Waals surface area contributed by atoms with Gasteiger partial charge in [0.25, 0.3) is 0 Å². The number of carboxylic acids is 1. The van der Waals surface area contributed by atoms with Crippen LogP contribution < -0.4 is 4.74 Å². The third kappa shape index (κ3) is 8.32. The highest BCUT2D eigenvalue weighted by Crippen LogP contribution is 2.21. The Kier molecular flexibility index (Phi) is 9.34. The Bertz CT molecular complexity index is 791. The van der Waals surface area contributed by atoms with E-state index in [9.17, 15) is 4.79 Å². The number of likely N-dealkylation sites (N-methyl/N-ethyl adjacent to an activating group) is 1. The van der Waals surface area contributed by atoms with Gasteiger partial charge in [-0.2, -0.15) is 0 Å². The van der Waals surface area contributed by atoms with Gasteiger partial charge in [0.2, 0.25) is 0 Å². The van der Waals surface area contributed by atoms with Crippen LogP contribution in [-0.2, 0) is 22.4 Å². The minimum atomic E-state index is -0.842. The Hall–Kier alpha value is -2.41. The maximum Gasteiger partial charge on any atom is 0.305 e. The summed E-state index contributed by atoms with van der Waals surface area (Å²) in [5, 5.41) is 8.95. The van der Waals surface area contributed by atoms with Gasteiger partial charge >= 0.3 is 5.97 Å². The number of ether oxygens (including phenoxy) is 2. The van der Waals surface area contributed by atoms with Crippen molar-refractivity contribution in [1.29, 1.82) is 0 Å². The van der Waals surface area contributed by atoms with Crippen molar-refractivity contribution in [2.75, 3.05) is 53.0 Å². The molecular weight excluding hydrogens is 392 g/mol. The average Bonchev–Trinajstić information content (AvgIpc) is 2.78. The zero-order chi connectivity index (χ0) is 21.9. The van der Waals surface area contributed by atoms with Gasteiger partial charge in [0.15, 0.2) is 0 Å². The molecule has 6 nitrogen and oxygen atoms in total. The van der Waals surface area contributed by atoms with Gasteiger partial charge in [-0.3, -0.25) is 9.69 Å². The minimum absolute atomic E-state index is 0.00685. The molecule has 1 aliphatic heterocycles. The van der Waals surface area contributed by atoms with E-state index in [0.29, 0.717) is 6.61 Å². The highest BCUT2D eigenvalue weighted by molar-refractivity contribution is 5.66. The van der Waals surface area contributed by atoms with Gasteiger partial charge < -0.3 is 19.5 Å². The molecule has 0 radical (unpaired) electrons. The van der Waals surface area contributed by atoms with E-state index in [0.717, 1.165) is 51.3 Å². The van der Waals surface area contributed by atoms with E-state index in [1.807, 2.05) is 24.3 Å². The first-order chi connectivity index (χ1) is 15.1. The number of hydrogen-bond acceptors (Lipinski definition) is 5. The van der Waals surface area contributed by atoms with Crippen molar-refractivity contribution in [1.82, 2.24) is 9.80 Å². The Morgan fingerprint density at radius 2 is 1.71 bits per heavy atom. The van der Waals surface area contributed by atoms with Crippen LogP contribution in [0.5, 0.6) is 5.75 Å². The number of piperazine rings is 1. The smallest absolute Gasteiger partial charge is 0.305 e. The second-order valence-electron chi connectivity index (χ2n) is 8.14. The van der Waals surface area contributed by atoms with E-state index >= 15 is 0 Å². The maximum atomic E-state index is 10.9. The number of aryl methyl sites for hydroxylation is 2. The normalized spacial score (nSPS) is 16.2. The summed E-state index contributed by atoms with van der Waals surface area (Å²) in [4.78, 5) is 15.6. The van der Waals surface area contributed by atoms with Crippen molar-refractivity contribution in [2.24, 2.45) is 0 Å². The second kappa shape index (κ2) is 12.4. The Labute approximate surface area is 185 Å². The molecule has 31 heavy (non-hydrogen) atoms. The summed E-state index contributed by atoms with van der Waals surface area (Å²) in [5.41, 5.74) is 2.48. The molecule has 1 heterocycles. The van der Waals surface area contributed by atoms with Gasteiger partial charge in [0.05, 0.1) is 13.0 Å². The number of para-hydroxylation sites is 1.